The fraction of sp³-hybridized carbons (Fsp3) is 0.729. The zero-order chi connectivity index (χ0) is 86.3. The summed E-state index contributed by atoms with van der Waals surface area (Å²) in [6.07, 6.45) is 31.3. The first-order chi connectivity index (χ1) is 57.1. The molecule has 3 aromatic carbocycles. The van der Waals surface area contributed by atoms with E-state index in [-0.39, 0.29) is 93.0 Å². The molecule has 0 aliphatic heterocycles. The van der Waals surface area contributed by atoms with Crippen LogP contribution in [0.3, 0.4) is 0 Å². The summed E-state index contributed by atoms with van der Waals surface area (Å²) in [6.45, 7) is 52.0. The second-order valence-corrected chi connectivity index (χ2v) is 43.8. The molecule has 8 unspecified atom stereocenters. The molecule has 28 atom stereocenters. The molecule has 12 saturated carbocycles. The van der Waals surface area contributed by atoms with E-state index in [9.17, 15) is 34.8 Å². The summed E-state index contributed by atoms with van der Waals surface area (Å²) in [5.74, 6) is 9.39. The maximum Gasteiger partial charge on any atom is 0.302 e. The molecule has 666 valence electrons. The van der Waals surface area contributed by atoms with Crippen molar-refractivity contribution < 1.29 is 44.3 Å². The van der Waals surface area contributed by atoms with Crippen LogP contribution in [-0.4, -0.2) is 103 Å². The van der Waals surface area contributed by atoms with Crippen LogP contribution in [0.1, 0.15) is 284 Å². The molecule has 3 aromatic rings. The summed E-state index contributed by atoms with van der Waals surface area (Å²) in [4.78, 5) is 36.1. The molecule has 0 saturated heterocycles. The Morgan fingerprint density at radius 1 is 0.400 bits per heavy atom. The highest BCUT2D eigenvalue weighted by Gasteiger charge is 2.62. The second-order valence-electron chi connectivity index (χ2n) is 43.8. The molecule has 0 spiro atoms. The minimum atomic E-state index is -0.245. The number of allylic oxidation sites excluding steroid dienone is 4. The number of benzene rings is 3. The van der Waals surface area contributed by atoms with E-state index in [0.29, 0.717) is 114 Å². The van der Waals surface area contributed by atoms with Crippen molar-refractivity contribution in [3.8, 4) is 0 Å². The molecule has 0 aromatic heterocycles. The first-order valence-electron chi connectivity index (χ1n) is 48.2. The predicted octanol–water partition coefficient (Wildman–Crippen LogP) is 21.2. The standard InChI is InChI=1S/C30H43NO3.2C27H41NO2.C23H39NO2/c1-20-13-15-30(5,24(17-20)19-34-22(3)32)27-14-16-29(4)21(2)11-12-26(29)25(27)18-31-28(33)23-9-7-6-8-10-23;2*1-19-9-10-24-23(17-28-16-20-7-5-4-6-8-20)25(12-14-26(19,24)2)27(3)13-11-22(30)15-21(27)18-29;1-15-8-10-23(5,18(12-15)14-26-17(3)25)21-9-11-22(4)16(2)6-7-20(22)19(21)13-24/h6-10,20,24-27H,2,11-19H2,1,3-5H3,(H,31,33);2*4-8,21-25,28-30H,1,9-18H2,2-3H3;15,18-21H,2,6-14,24H2,1,3-5H3/t20-,24+,25-,26?,27?,29+,30-;2*21-,22+,23+,24?,25?,26-,27+;15-,18+,19-,20?,21?,22+,23-/m0110/s1. The Labute approximate surface area is 726 Å². The highest BCUT2D eigenvalue weighted by molar-refractivity contribution is 5.94. The average Bonchev–Trinajstić information content (AvgIpc) is 1.44. The van der Waals surface area contributed by atoms with Crippen LogP contribution in [0.2, 0.25) is 0 Å². The van der Waals surface area contributed by atoms with Gasteiger partial charge in [-0.2, -0.15) is 0 Å². The van der Waals surface area contributed by atoms with Crippen molar-refractivity contribution in [3.63, 3.8) is 0 Å². The van der Waals surface area contributed by atoms with Crippen molar-refractivity contribution in [3.05, 3.63) is 156 Å². The lowest BCUT2D eigenvalue weighted by molar-refractivity contribution is -0.148. The third-order valence-corrected chi connectivity index (χ3v) is 37.9. The number of carbonyl (C=O) groups is 3. The van der Waals surface area contributed by atoms with Crippen LogP contribution in [-0.2, 0) is 32.2 Å². The SMILES string of the molecule is C=C1CCC2[C@H](CN)C([C@@]3(C)CC[C@H](C)C[C@@H]3COC(C)=O)CC[C@]12C.C=C1CCC2[C@H](CNC(=O)c3ccccc3)C([C@@]3(C)CC[C@H](C)C[C@@H]3COC(C)=O)CC[C@]12C.C=C1CCC2[C@H](CNCc3ccccc3)C([C@@]3(C)CC[C@H](O)C[C@@H]3CO)CC[C@]12C.C=C1CCC2[C@H](CNCc3ccccc3)C([C@@]3(C)CC[C@H](O)C[C@@H]3CO)CC[C@]12C. The van der Waals surface area contributed by atoms with Gasteiger partial charge < -0.3 is 51.6 Å². The summed E-state index contributed by atoms with van der Waals surface area (Å²) in [7, 11) is 0. The molecule has 9 N–H and O–H groups in total. The van der Waals surface area contributed by atoms with E-state index in [1.165, 1.54) is 163 Å². The number of esters is 2. The number of hydrogen-bond acceptors (Lipinski definition) is 12. The van der Waals surface area contributed by atoms with E-state index in [1.807, 2.05) is 30.3 Å². The molecular formula is C107H164N4O9. The Bertz CT molecular complexity index is 3800. The maximum atomic E-state index is 13.0. The van der Waals surface area contributed by atoms with Crippen molar-refractivity contribution in [2.24, 2.45) is 156 Å². The van der Waals surface area contributed by atoms with Crippen LogP contribution >= 0.6 is 0 Å². The fourth-order valence-electron chi connectivity index (χ4n) is 29.6. The lowest BCUT2D eigenvalue weighted by Crippen LogP contribution is -2.53. The molecule has 13 nitrogen and oxygen atoms in total. The summed E-state index contributed by atoms with van der Waals surface area (Å²) in [5, 5.41) is 51.9. The molecule has 0 heterocycles. The Morgan fingerprint density at radius 2 is 0.708 bits per heavy atom. The van der Waals surface area contributed by atoms with E-state index in [1.54, 1.807) is 0 Å². The van der Waals surface area contributed by atoms with Gasteiger partial charge in [-0.05, 0) is 360 Å². The lowest BCUT2D eigenvalue weighted by atomic mass is 9.49. The van der Waals surface area contributed by atoms with Gasteiger partial charge in [-0.25, -0.2) is 0 Å². The monoisotopic (exact) mass is 1650 g/mol. The third kappa shape index (κ3) is 19.6. The van der Waals surface area contributed by atoms with Gasteiger partial charge in [-0.15, -0.1) is 0 Å². The highest BCUT2D eigenvalue weighted by atomic mass is 16.5. The summed E-state index contributed by atoms with van der Waals surface area (Å²) >= 11 is 0. The molecule has 120 heavy (non-hydrogen) atoms. The van der Waals surface area contributed by atoms with Gasteiger partial charge in [0.1, 0.15) is 0 Å². The van der Waals surface area contributed by atoms with Crippen molar-refractivity contribution in [1.29, 1.82) is 0 Å². The van der Waals surface area contributed by atoms with Gasteiger partial charge in [0.05, 0.1) is 25.4 Å². The lowest BCUT2D eigenvalue weighted by Gasteiger charge is -2.57. The fourth-order valence-corrected chi connectivity index (χ4v) is 29.6. The average molecular weight is 1650 g/mol. The number of aliphatic hydroxyl groups excluding tert-OH is 4. The molecule has 12 fully saturated rings. The smallest absolute Gasteiger partial charge is 0.302 e. The first-order valence-corrected chi connectivity index (χ1v) is 48.2. The molecule has 0 bridgehead atoms. The molecular weight excluding hydrogens is 1490 g/mol. The molecule has 12 aliphatic carbocycles. The van der Waals surface area contributed by atoms with E-state index >= 15 is 0 Å². The quantitative estimate of drug-likeness (QED) is 0.0349. The number of ether oxygens (including phenoxy) is 2. The van der Waals surface area contributed by atoms with Gasteiger partial charge in [0.2, 0.25) is 0 Å². The number of rotatable bonds is 22. The molecule has 0 radical (unpaired) electrons. The molecule has 13 heteroatoms. The topological polar surface area (TPSA) is 213 Å². The van der Waals surface area contributed by atoms with Crippen molar-refractivity contribution >= 4 is 17.8 Å². The van der Waals surface area contributed by atoms with E-state index in [0.717, 1.165) is 108 Å². The van der Waals surface area contributed by atoms with Crippen LogP contribution in [0.5, 0.6) is 0 Å². The van der Waals surface area contributed by atoms with Crippen molar-refractivity contribution in [2.45, 2.75) is 288 Å². The number of nitrogens with one attached hydrogen (secondary N) is 3. The number of hydrogen-bond donors (Lipinski definition) is 8. The van der Waals surface area contributed by atoms with Crippen LogP contribution in [0.4, 0.5) is 0 Å². The Hall–Kier alpha value is -5.25. The third-order valence-electron chi connectivity index (χ3n) is 37.9. The zero-order valence-electron chi connectivity index (χ0n) is 76.8. The summed E-state index contributed by atoms with van der Waals surface area (Å²) in [5.41, 5.74) is 17.1. The highest BCUT2D eigenvalue weighted by Crippen LogP contribution is 2.69. The van der Waals surface area contributed by atoms with Crippen LogP contribution in [0.25, 0.3) is 0 Å². The largest absolute Gasteiger partial charge is 0.466 e. The molecule has 15 rings (SSSR count). The molecule has 1 amide bonds. The van der Waals surface area contributed by atoms with Gasteiger partial charge in [0, 0.05) is 52.3 Å². The van der Waals surface area contributed by atoms with Crippen LogP contribution < -0.4 is 21.7 Å². The number of amides is 1. The maximum absolute atomic E-state index is 13.0. The van der Waals surface area contributed by atoms with E-state index in [2.05, 4.69) is 172 Å². The Kier molecular flexibility index (Phi) is 31.1. The normalized spacial score (nSPS) is 41.4. The Balaban J connectivity index is 0.000000147. The number of aliphatic hydroxyl groups is 4. The number of nitrogens with two attached hydrogens (primary N) is 1. The molecule has 12 aliphatic rings. The van der Waals surface area contributed by atoms with Gasteiger partial charge in [0.15, 0.2) is 0 Å². The predicted molar refractivity (Wildman–Crippen MR) is 488 cm³/mol. The van der Waals surface area contributed by atoms with Crippen molar-refractivity contribution in [2.75, 3.05) is 52.6 Å². The number of fused-ring (bicyclic) bond motifs is 4. The van der Waals surface area contributed by atoms with E-state index < -0.39 is 0 Å². The van der Waals surface area contributed by atoms with Gasteiger partial charge in [-0.1, -0.05) is 210 Å². The zero-order valence-corrected chi connectivity index (χ0v) is 76.8. The van der Waals surface area contributed by atoms with Crippen molar-refractivity contribution in [1.82, 2.24) is 16.0 Å². The van der Waals surface area contributed by atoms with Crippen LogP contribution in [0.15, 0.2) is 140 Å². The second kappa shape index (κ2) is 39.7. The van der Waals surface area contributed by atoms with E-state index in [4.69, 9.17) is 15.2 Å². The summed E-state index contributed by atoms with van der Waals surface area (Å²) < 4.78 is 11.1. The first kappa shape index (κ1) is 93.9. The Morgan fingerprint density at radius 3 is 1.04 bits per heavy atom. The van der Waals surface area contributed by atoms with Gasteiger partial charge >= 0.3 is 11.9 Å². The minimum Gasteiger partial charge on any atom is -0.466 e. The van der Waals surface area contributed by atoms with Gasteiger partial charge in [-0.3, -0.25) is 14.4 Å². The van der Waals surface area contributed by atoms with Gasteiger partial charge in [0.25, 0.3) is 5.91 Å². The van der Waals surface area contributed by atoms with Crippen LogP contribution in [0, 0.1) is 150 Å². The summed E-state index contributed by atoms with van der Waals surface area (Å²) in [6, 6.07) is 30.9. The number of carbonyl (C=O) groups excluding carboxylic acids is 3. The minimum absolute atomic E-state index is 0.0160.